The van der Waals surface area contributed by atoms with Crippen molar-refractivity contribution in [3.8, 4) is 0 Å². The van der Waals surface area contributed by atoms with Gasteiger partial charge in [-0.15, -0.1) is 0 Å². The highest BCUT2D eigenvalue weighted by Gasteiger charge is 2.16. The van der Waals surface area contributed by atoms with Gasteiger partial charge < -0.3 is 10.8 Å². The van der Waals surface area contributed by atoms with Gasteiger partial charge in [0, 0.05) is 6.42 Å². The molecule has 0 bridgehead atoms. The first-order valence-corrected chi connectivity index (χ1v) is 4.50. The predicted molar refractivity (Wildman–Crippen MR) is 49.0 cm³/mol. The first kappa shape index (κ1) is 10.1. The van der Waals surface area contributed by atoms with Crippen LogP contribution in [0, 0.1) is 0 Å². The summed E-state index contributed by atoms with van der Waals surface area (Å²) in [6.45, 7) is 3.69. The van der Waals surface area contributed by atoms with E-state index < -0.39 is 12.1 Å². The van der Waals surface area contributed by atoms with Crippen molar-refractivity contribution in [1.29, 1.82) is 0 Å². The SMILES string of the molecule is CCCc1nc([C@@H](N)[C@@H](C)O)n[nH]1. The molecule has 2 atom stereocenters. The lowest BCUT2D eigenvalue weighted by molar-refractivity contribution is 0.160. The van der Waals surface area contributed by atoms with Crippen molar-refractivity contribution < 1.29 is 5.11 Å². The molecule has 0 aromatic carbocycles. The van der Waals surface area contributed by atoms with E-state index in [1.165, 1.54) is 0 Å². The zero-order valence-electron chi connectivity index (χ0n) is 7.99. The molecular formula is C8H16N4O. The summed E-state index contributed by atoms with van der Waals surface area (Å²) in [5.74, 6) is 1.31. The van der Waals surface area contributed by atoms with Crippen LogP contribution in [0.4, 0.5) is 0 Å². The van der Waals surface area contributed by atoms with Crippen LogP contribution >= 0.6 is 0 Å². The van der Waals surface area contributed by atoms with Gasteiger partial charge in [-0.2, -0.15) is 5.10 Å². The summed E-state index contributed by atoms with van der Waals surface area (Å²) in [4.78, 5) is 4.17. The number of nitrogens with two attached hydrogens (primary N) is 1. The fraction of sp³-hybridized carbons (Fsp3) is 0.750. The molecular weight excluding hydrogens is 168 g/mol. The smallest absolute Gasteiger partial charge is 0.169 e. The quantitative estimate of drug-likeness (QED) is 0.621. The second-order valence-corrected chi connectivity index (χ2v) is 3.16. The van der Waals surface area contributed by atoms with Crippen LogP contribution < -0.4 is 5.73 Å². The normalized spacial score (nSPS) is 15.7. The summed E-state index contributed by atoms with van der Waals surface area (Å²) in [6, 6.07) is -0.498. The number of aliphatic hydroxyl groups is 1. The van der Waals surface area contributed by atoms with Gasteiger partial charge in [-0.3, -0.25) is 5.10 Å². The Morgan fingerprint density at radius 1 is 1.62 bits per heavy atom. The average Bonchev–Trinajstić information content (AvgIpc) is 2.52. The third-order valence-corrected chi connectivity index (χ3v) is 1.85. The molecule has 1 rings (SSSR count). The Morgan fingerprint density at radius 2 is 2.31 bits per heavy atom. The maximum absolute atomic E-state index is 9.19. The Bertz CT molecular complexity index is 258. The highest BCUT2D eigenvalue weighted by molar-refractivity contribution is 4.97. The van der Waals surface area contributed by atoms with Crippen molar-refractivity contribution in [3.63, 3.8) is 0 Å². The van der Waals surface area contributed by atoms with Gasteiger partial charge in [-0.05, 0) is 13.3 Å². The summed E-state index contributed by atoms with van der Waals surface area (Å²) >= 11 is 0. The first-order chi connectivity index (χ1) is 6.15. The van der Waals surface area contributed by atoms with Gasteiger partial charge in [0.2, 0.25) is 0 Å². The molecule has 1 heterocycles. The number of nitrogens with one attached hydrogen (secondary N) is 1. The Hall–Kier alpha value is -0.940. The van der Waals surface area contributed by atoms with E-state index in [-0.39, 0.29) is 0 Å². The van der Waals surface area contributed by atoms with Crippen LogP contribution in [0.25, 0.3) is 0 Å². The Morgan fingerprint density at radius 3 is 2.85 bits per heavy atom. The number of aromatic nitrogens is 3. The summed E-state index contributed by atoms with van der Waals surface area (Å²) in [5, 5.41) is 15.9. The maximum atomic E-state index is 9.19. The Labute approximate surface area is 77.4 Å². The molecule has 0 radical (unpaired) electrons. The van der Waals surface area contributed by atoms with Gasteiger partial charge in [0.15, 0.2) is 5.82 Å². The molecule has 5 heteroatoms. The topological polar surface area (TPSA) is 87.8 Å². The van der Waals surface area contributed by atoms with Crippen LogP contribution in [0.3, 0.4) is 0 Å². The van der Waals surface area contributed by atoms with E-state index in [0.717, 1.165) is 18.7 Å². The van der Waals surface area contributed by atoms with Gasteiger partial charge in [-0.1, -0.05) is 6.92 Å². The fourth-order valence-electron chi connectivity index (χ4n) is 1.02. The number of aliphatic hydroxyl groups excluding tert-OH is 1. The monoisotopic (exact) mass is 184 g/mol. The second-order valence-electron chi connectivity index (χ2n) is 3.16. The van der Waals surface area contributed by atoms with Gasteiger partial charge in [0.25, 0.3) is 0 Å². The molecule has 13 heavy (non-hydrogen) atoms. The minimum Gasteiger partial charge on any atom is -0.391 e. The lowest BCUT2D eigenvalue weighted by Crippen LogP contribution is -2.24. The number of nitrogens with zero attached hydrogens (tertiary/aromatic N) is 2. The minimum absolute atomic E-state index is 0.485. The number of aryl methyl sites for hydroxylation is 1. The Kier molecular flexibility index (Phi) is 3.39. The molecule has 0 unspecified atom stereocenters. The predicted octanol–water partition coefficient (Wildman–Crippen LogP) is 0.138. The van der Waals surface area contributed by atoms with E-state index in [4.69, 9.17) is 5.73 Å². The summed E-state index contributed by atoms with van der Waals surface area (Å²) in [7, 11) is 0. The molecule has 0 amide bonds. The Balaban J connectivity index is 2.67. The molecule has 0 aliphatic rings. The largest absolute Gasteiger partial charge is 0.391 e. The first-order valence-electron chi connectivity index (χ1n) is 4.50. The highest BCUT2D eigenvalue weighted by Crippen LogP contribution is 2.08. The summed E-state index contributed by atoms with van der Waals surface area (Å²) < 4.78 is 0. The van der Waals surface area contributed by atoms with Crippen molar-refractivity contribution in [2.75, 3.05) is 0 Å². The number of hydrogen-bond donors (Lipinski definition) is 3. The van der Waals surface area contributed by atoms with Crippen molar-refractivity contribution >= 4 is 0 Å². The standard InChI is InChI=1S/C8H16N4O/c1-3-4-6-10-8(12-11-6)7(9)5(2)13/h5,7,13H,3-4,9H2,1-2H3,(H,10,11,12)/t5-,7+/m1/s1. The molecule has 1 aromatic heterocycles. The third-order valence-electron chi connectivity index (χ3n) is 1.85. The molecule has 0 saturated heterocycles. The molecule has 0 spiro atoms. The third kappa shape index (κ3) is 2.50. The van der Waals surface area contributed by atoms with Crippen LogP contribution in [0.1, 0.15) is 38.0 Å². The van der Waals surface area contributed by atoms with Crippen LogP contribution in [-0.4, -0.2) is 26.4 Å². The van der Waals surface area contributed by atoms with Crippen LogP contribution in [0.2, 0.25) is 0 Å². The van der Waals surface area contributed by atoms with Crippen LogP contribution in [-0.2, 0) is 6.42 Å². The van der Waals surface area contributed by atoms with Crippen molar-refractivity contribution in [3.05, 3.63) is 11.6 Å². The van der Waals surface area contributed by atoms with E-state index in [1.54, 1.807) is 6.92 Å². The minimum atomic E-state index is -0.620. The van der Waals surface area contributed by atoms with E-state index in [9.17, 15) is 5.11 Å². The lowest BCUT2D eigenvalue weighted by atomic mass is 10.2. The molecule has 0 saturated carbocycles. The molecule has 0 fully saturated rings. The molecule has 1 aromatic rings. The second kappa shape index (κ2) is 4.34. The van der Waals surface area contributed by atoms with E-state index >= 15 is 0 Å². The lowest BCUT2D eigenvalue weighted by Gasteiger charge is -2.09. The van der Waals surface area contributed by atoms with Crippen LogP contribution in [0.5, 0.6) is 0 Å². The highest BCUT2D eigenvalue weighted by atomic mass is 16.3. The van der Waals surface area contributed by atoms with Crippen molar-refractivity contribution in [2.24, 2.45) is 5.73 Å². The van der Waals surface area contributed by atoms with Crippen molar-refractivity contribution in [1.82, 2.24) is 15.2 Å². The number of aromatic amines is 1. The van der Waals surface area contributed by atoms with E-state index in [0.29, 0.717) is 5.82 Å². The van der Waals surface area contributed by atoms with Crippen molar-refractivity contribution in [2.45, 2.75) is 38.8 Å². The molecule has 74 valence electrons. The van der Waals surface area contributed by atoms with Gasteiger partial charge >= 0.3 is 0 Å². The zero-order valence-corrected chi connectivity index (χ0v) is 7.99. The van der Waals surface area contributed by atoms with Gasteiger partial charge in [-0.25, -0.2) is 4.98 Å². The number of rotatable bonds is 4. The summed E-state index contributed by atoms with van der Waals surface area (Å²) in [5.41, 5.74) is 5.65. The van der Waals surface area contributed by atoms with E-state index in [1.807, 2.05) is 0 Å². The molecule has 5 nitrogen and oxygen atoms in total. The number of H-pyrrole nitrogens is 1. The molecule has 4 N–H and O–H groups in total. The molecule has 0 aliphatic carbocycles. The zero-order chi connectivity index (χ0) is 9.84. The average molecular weight is 184 g/mol. The number of hydrogen-bond acceptors (Lipinski definition) is 4. The summed E-state index contributed by atoms with van der Waals surface area (Å²) in [6.07, 6.45) is 1.25. The fourth-order valence-corrected chi connectivity index (χ4v) is 1.02. The van der Waals surface area contributed by atoms with Crippen LogP contribution in [0.15, 0.2) is 0 Å². The van der Waals surface area contributed by atoms with Gasteiger partial charge in [0.1, 0.15) is 5.82 Å². The van der Waals surface area contributed by atoms with E-state index in [2.05, 4.69) is 22.1 Å². The maximum Gasteiger partial charge on any atom is 0.169 e. The molecule has 0 aliphatic heterocycles. The van der Waals surface area contributed by atoms with Gasteiger partial charge in [0.05, 0.1) is 12.1 Å².